The summed E-state index contributed by atoms with van der Waals surface area (Å²) in [7, 11) is 0. The van der Waals surface area contributed by atoms with E-state index in [1.54, 1.807) is 23.1 Å². The van der Waals surface area contributed by atoms with Crippen molar-refractivity contribution >= 4 is 17.5 Å². The van der Waals surface area contributed by atoms with E-state index in [-0.39, 0.29) is 18.2 Å². The smallest absolute Gasteiger partial charge is 0.251 e. The molecule has 1 heterocycles. The van der Waals surface area contributed by atoms with Gasteiger partial charge in [-0.2, -0.15) is 0 Å². The summed E-state index contributed by atoms with van der Waals surface area (Å²) in [5, 5.41) is 12.2. The molecular formula is C14H18N2O3. The topological polar surface area (TPSA) is 69.6 Å². The second-order valence-electron chi connectivity index (χ2n) is 4.72. The Morgan fingerprint density at radius 3 is 2.79 bits per heavy atom. The first-order valence-corrected chi connectivity index (χ1v) is 6.40. The van der Waals surface area contributed by atoms with Gasteiger partial charge in [-0.1, -0.05) is 0 Å². The van der Waals surface area contributed by atoms with Crippen LogP contribution in [0.5, 0.6) is 0 Å². The first kappa shape index (κ1) is 13.5. The summed E-state index contributed by atoms with van der Waals surface area (Å²) in [4.78, 5) is 25.0. The number of aryl methyl sites for hydroxylation is 1. The van der Waals surface area contributed by atoms with Crippen molar-refractivity contribution in [2.75, 3.05) is 18.0 Å². The van der Waals surface area contributed by atoms with Gasteiger partial charge in [-0.15, -0.1) is 0 Å². The monoisotopic (exact) mass is 262 g/mol. The summed E-state index contributed by atoms with van der Waals surface area (Å²) < 4.78 is 0. The fraction of sp³-hybridized carbons (Fsp3) is 0.429. The lowest BCUT2D eigenvalue weighted by molar-refractivity contribution is -0.117. The van der Waals surface area contributed by atoms with E-state index in [4.69, 9.17) is 0 Å². The number of anilines is 1. The number of nitrogens with zero attached hydrogens (tertiary/aromatic N) is 1. The number of benzene rings is 1. The highest BCUT2D eigenvalue weighted by Crippen LogP contribution is 2.26. The Hall–Kier alpha value is -1.88. The lowest BCUT2D eigenvalue weighted by atomic mass is 10.1. The highest BCUT2D eigenvalue weighted by Gasteiger charge is 2.29. The van der Waals surface area contributed by atoms with Crippen molar-refractivity contribution < 1.29 is 14.7 Å². The zero-order valence-corrected chi connectivity index (χ0v) is 11.1. The zero-order valence-electron chi connectivity index (χ0n) is 11.1. The number of carbonyl (C=O) groups is 2. The highest BCUT2D eigenvalue weighted by molar-refractivity contribution is 5.98. The minimum Gasteiger partial charge on any atom is -0.391 e. The van der Waals surface area contributed by atoms with Gasteiger partial charge in [0.05, 0.1) is 19.1 Å². The Morgan fingerprint density at radius 1 is 1.53 bits per heavy atom. The minimum atomic E-state index is -0.602. The molecule has 5 heteroatoms. The molecule has 0 aliphatic carbocycles. The maximum Gasteiger partial charge on any atom is 0.251 e. The van der Waals surface area contributed by atoms with Crippen LogP contribution in [0.15, 0.2) is 18.2 Å². The minimum absolute atomic E-state index is 0.0821. The molecule has 0 spiro atoms. The van der Waals surface area contributed by atoms with Crippen LogP contribution in [0.1, 0.15) is 29.3 Å². The SMILES string of the molecule is CCNC(=O)c1ccc(N2CC(O)CC2=O)c(C)c1. The van der Waals surface area contributed by atoms with Crippen LogP contribution in [-0.2, 0) is 4.79 Å². The van der Waals surface area contributed by atoms with Gasteiger partial charge in [-0.25, -0.2) is 0 Å². The number of hydrogen-bond acceptors (Lipinski definition) is 3. The molecule has 102 valence electrons. The van der Waals surface area contributed by atoms with E-state index >= 15 is 0 Å². The molecule has 5 nitrogen and oxygen atoms in total. The molecule has 0 bridgehead atoms. The molecular weight excluding hydrogens is 244 g/mol. The lowest BCUT2D eigenvalue weighted by Crippen LogP contribution is -2.27. The van der Waals surface area contributed by atoms with E-state index < -0.39 is 6.10 Å². The van der Waals surface area contributed by atoms with Gasteiger partial charge in [0, 0.05) is 17.8 Å². The summed E-state index contributed by atoms with van der Waals surface area (Å²) in [6.45, 7) is 4.62. The van der Waals surface area contributed by atoms with Crippen molar-refractivity contribution in [1.29, 1.82) is 0 Å². The van der Waals surface area contributed by atoms with Crippen LogP contribution in [-0.4, -0.2) is 36.1 Å². The fourth-order valence-electron chi connectivity index (χ4n) is 2.28. The molecule has 1 fully saturated rings. The van der Waals surface area contributed by atoms with Crippen LogP contribution in [0.25, 0.3) is 0 Å². The summed E-state index contributed by atoms with van der Waals surface area (Å²) in [5.41, 5.74) is 2.19. The van der Waals surface area contributed by atoms with Gasteiger partial charge in [-0.05, 0) is 37.6 Å². The molecule has 1 aliphatic rings. The molecule has 2 amide bonds. The normalized spacial score (nSPS) is 18.8. The number of carbonyl (C=O) groups excluding carboxylic acids is 2. The quantitative estimate of drug-likeness (QED) is 0.848. The van der Waals surface area contributed by atoms with E-state index in [9.17, 15) is 14.7 Å². The van der Waals surface area contributed by atoms with Crippen molar-refractivity contribution in [1.82, 2.24) is 5.32 Å². The molecule has 1 unspecified atom stereocenters. The van der Waals surface area contributed by atoms with E-state index in [1.807, 2.05) is 13.8 Å². The predicted molar refractivity (Wildman–Crippen MR) is 72.2 cm³/mol. The number of aliphatic hydroxyl groups excluding tert-OH is 1. The highest BCUT2D eigenvalue weighted by atomic mass is 16.3. The Labute approximate surface area is 112 Å². The van der Waals surface area contributed by atoms with Gasteiger partial charge in [0.2, 0.25) is 5.91 Å². The molecule has 19 heavy (non-hydrogen) atoms. The van der Waals surface area contributed by atoms with Crippen molar-refractivity contribution in [2.45, 2.75) is 26.4 Å². The Kier molecular flexibility index (Phi) is 3.85. The zero-order chi connectivity index (χ0) is 14.0. The average Bonchev–Trinajstić information content (AvgIpc) is 2.68. The van der Waals surface area contributed by atoms with E-state index in [0.29, 0.717) is 18.7 Å². The van der Waals surface area contributed by atoms with Crippen molar-refractivity contribution in [3.05, 3.63) is 29.3 Å². The van der Waals surface area contributed by atoms with Crippen LogP contribution >= 0.6 is 0 Å². The number of rotatable bonds is 3. The van der Waals surface area contributed by atoms with Crippen molar-refractivity contribution in [3.63, 3.8) is 0 Å². The standard InChI is InChI=1S/C14H18N2O3/c1-3-15-14(19)10-4-5-12(9(2)6-10)16-8-11(17)7-13(16)18/h4-6,11,17H,3,7-8H2,1-2H3,(H,15,19). The van der Waals surface area contributed by atoms with Crippen LogP contribution < -0.4 is 10.2 Å². The Balaban J connectivity index is 2.25. The van der Waals surface area contributed by atoms with Crippen LogP contribution in [0.4, 0.5) is 5.69 Å². The molecule has 2 N–H and O–H groups in total. The average molecular weight is 262 g/mol. The van der Waals surface area contributed by atoms with Gasteiger partial charge in [-0.3, -0.25) is 9.59 Å². The second kappa shape index (κ2) is 5.40. The van der Waals surface area contributed by atoms with E-state index in [2.05, 4.69) is 5.32 Å². The number of nitrogens with one attached hydrogen (secondary N) is 1. The molecule has 1 aromatic carbocycles. The maximum absolute atomic E-state index is 11.7. The molecule has 1 saturated heterocycles. The Bertz CT molecular complexity index is 513. The molecule has 1 atom stereocenters. The van der Waals surface area contributed by atoms with Gasteiger partial charge in [0.1, 0.15) is 0 Å². The third-order valence-corrected chi connectivity index (χ3v) is 3.19. The third-order valence-electron chi connectivity index (χ3n) is 3.19. The molecule has 0 saturated carbocycles. The first-order chi connectivity index (χ1) is 9.02. The molecule has 2 rings (SSSR count). The predicted octanol–water partition coefficient (Wildman–Crippen LogP) is 0.842. The summed E-state index contributed by atoms with van der Waals surface area (Å²) in [6.07, 6.45) is -0.438. The van der Waals surface area contributed by atoms with Gasteiger partial charge < -0.3 is 15.3 Å². The third kappa shape index (κ3) is 2.76. The second-order valence-corrected chi connectivity index (χ2v) is 4.72. The van der Waals surface area contributed by atoms with Crippen molar-refractivity contribution in [3.8, 4) is 0 Å². The van der Waals surface area contributed by atoms with E-state index in [0.717, 1.165) is 11.3 Å². The molecule has 1 aromatic rings. The summed E-state index contributed by atoms with van der Waals surface area (Å²) in [5.74, 6) is -0.203. The maximum atomic E-state index is 11.7. The first-order valence-electron chi connectivity index (χ1n) is 6.40. The number of amides is 2. The summed E-state index contributed by atoms with van der Waals surface area (Å²) in [6, 6.07) is 5.22. The van der Waals surface area contributed by atoms with Gasteiger partial charge in [0.25, 0.3) is 5.91 Å². The number of hydrogen-bond donors (Lipinski definition) is 2. The molecule has 1 aliphatic heterocycles. The molecule has 0 radical (unpaired) electrons. The number of aliphatic hydroxyl groups is 1. The largest absolute Gasteiger partial charge is 0.391 e. The van der Waals surface area contributed by atoms with Crippen LogP contribution in [0.2, 0.25) is 0 Å². The van der Waals surface area contributed by atoms with Crippen LogP contribution in [0.3, 0.4) is 0 Å². The lowest BCUT2D eigenvalue weighted by Gasteiger charge is -2.19. The Morgan fingerprint density at radius 2 is 2.26 bits per heavy atom. The van der Waals surface area contributed by atoms with E-state index in [1.165, 1.54) is 0 Å². The molecule has 0 aromatic heterocycles. The fourth-order valence-corrected chi connectivity index (χ4v) is 2.28. The van der Waals surface area contributed by atoms with Gasteiger partial charge >= 0.3 is 0 Å². The van der Waals surface area contributed by atoms with Crippen LogP contribution in [0, 0.1) is 6.92 Å². The van der Waals surface area contributed by atoms with Gasteiger partial charge in [0.15, 0.2) is 0 Å². The summed E-state index contributed by atoms with van der Waals surface area (Å²) >= 11 is 0. The number of β-amino-alcohol motifs (C(OH)–C–C–N with tert-alkyl or cyclic N) is 1. The van der Waals surface area contributed by atoms with Crippen molar-refractivity contribution in [2.24, 2.45) is 0 Å².